The molecule has 1 aliphatic rings. The van der Waals surface area contributed by atoms with Gasteiger partial charge in [-0.1, -0.05) is 13.0 Å². The van der Waals surface area contributed by atoms with Crippen LogP contribution in [-0.2, 0) is 9.59 Å². The number of carbonyl (C=O) groups is 2. The fourth-order valence-corrected chi connectivity index (χ4v) is 2.91. The summed E-state index contributed by atoms with van der Waals surface area (Å²) in [4.78, 5) is 26.1. The zero-order chi connectivity index (χ0) is 16.2. The van der Waals surface area contributed by atoms with Gasteiger partial charge in [-0.3, -0.25) is 9.59 Å². The van der Waals surface area contributed by atoms with E-state index < -0.39 is 0 Å². The van der Waals surface area contributed by atoms with Crippen LogP contribution in [-0.4, -0.2) is 39.1 Å². The van der Waals surface area contributed by atoms with E-state index in [1.54, 1.807) is 15.8 Å². The molecule has 1 aromatic carbocycles. The Morgan fingerprint density at radius 1 is 1.35 bits per heavy atom. The molecule has 2 amide bonds. The van der Waals surface area contributed by atoms with Gasteiger partial charge in [0.1, 0.15) is 6.04 Å². The van der Waals surface area contributed by atoms with Gasteiger partial charge in [-0.2, -0.15) is 5.10 Å². The van der Waals surface area contributed by atoms with Crippen LogP contribution in [0.3, 0.4) is 0 Å². The molecule has 1 N–H and O–H groups in total. The van der Waals surface area contributed by atoms with E-state index in [0.29, 0.717) is 18.7 Å². The lowest BCUT2D eigenvalue weighted by atomic mass is 10.2. The highest BCUT2D eigenvalue weighted by Crippen LogP contribution is 2.21. The summed E-state index contributed by atoms with van der Waals surface area (Å²) in [6.07, 6.45) is 5.57. The van der Waals surface area contributed by atoms with Crippen molar-refractivity contribution in [2.75, 3.05) is 11.9 Å². The molecule has 0 bridgehead atoms. The predicted molar refractivity (Wildman–Crippen MR) is 87.2 cm³/mol. The third-order valence-corrected chi connectivity index (χ3v) is 4.06. The standard InChI is InChI=1S/C17H20N4O2/c1-2-16(22)20-10-4-8-15(20)17(23)19-13-6-3-7-14(12-13)21-11-5-9-18-21/h3,5-7,9,11-12,15H,2,4,8,10H2,1H3,(H,19,23)/t15-/m0/s1. The molecule has 0 saturated carbocycles. The first-order valence-corrected chi connectivity index (χ1v) is 7.89. The Labute approximate surface area is 135 Å². The number of aromatic nitrogens is 2. The van der Waals surface area contributed by atoms with Crippen LogP contribution >= 0.6 is 0 Å². The van der Waals surface area contributed by atoms with Crippen LogP contribution in [0.25, 0.3) is 5.69 Å². The first kappa shape index (κ1) is 15.3. The molecule has 0 spiro atoms. The highest BCUT2D eigenvalue weighted by molar-refractivity contribution is 5.97. The van der Waals surface area contributed by atoms with Gasteiger partial charge in [0.15, 0.2) is 0 Å². The van der Waals surface area contributed by atoms with E-state index >= 15 is 0 Å². The lowest BCUT2D eigenvalue weighted by molar-refractivity contribution is -0.136. The van der Waals surface area contributed by atoms with Gasteiger partial charge in [-0.25, -0.2) is 4.68 Å². The molecule has 1 atom stereocenters. The molecule has 1 aliphatic heterocycles. The minimum absolute atomic E-state index is 0.0351. The van der Waals surface area contributed by atoms with Crippen LogP contribution in [0.2, 0.25) is 0 Å². The van der Waals surface area contributed by atoms with Crippen molar-refractivity contribution >= 4 is 17.5 Å². The second kappa shape index (κ2) is 6.64. The maximum atomic E-state index is 12.5. The number of likely N-dealkylation sites (tertiary alicyclic amines) is 1. The molecule has 1 fully saturated rings. The van der Waals surface area contributed by atoms with E-state index in [4.69, 9.17) is 0 Å². The van der Waals surface area contributed by atoms with Gasteiger partial charge in [0.25, 0.3) is 0 Å². The van der Waals surface area contributed by atoms with Crippen LogP contribution in [0.4, 0.5) is 5.69 Å². The van der Waals surface area contributed by atoms with Gasteiger partial charge in [0.05, 0.1) is 5.69 Å². The van der Waals surface area contributed by atoms with E-state index in [-0.39, 0.29) is 17.9 Å². The molecule has 0 unspecified atom stereocenters. The fourth-order valence-electron chi connectivity index (χ4n) is 2.91. The monoisotopic (exact) mass is 312 g/mol. The van der Waals surface area contributed by atoms with E-state index in [2.05, 4.69) is 10.4 Å². The first-order valence-electron chi connectivity index (χ1n) is 7.89. The normalized spacial score (nSPS) is 17.3. The molecule has 6 heteroatoms. The van der Waals surface area contributed by atoms with Gasteiger partial charge in [0.2, 0.25) is 11.8 Å². The first-order chi connectivity index (χ1) is 11.2. The van der Waals surface area contributed by atoms with Crippen molar-refractivity contribution < 1.29 is 9.59 Å². The zero-order valence-electron chi connectivity index (χ0n) is 13.1. The molecular formula is C17H20N4O2. The Balaban J connectivity index is 1.73. The number of rotatable bonds is 4. The smallest absolute Gasteiger partial charge is 0.247 e. The van der Waals surface area contributed by atoms with Crippen molar-refractivity contribution in [1.82, 2.24) is 14.7 Å². The summed E-state index contributed by atoms with van der Waals surface area (Å²) in [5, 5.41) is 7.10. The summed E-state index contributed by atoms with van der Waals surface area (Å²) in [6, 6.07) is 8.98. The van der Waals surface area contributed by atoms with Crippen molar-refractivity contribution in [2.24, 2.45) is 0 Å². The predicted octanol–water partition coefficient (Wildman–Crippen LogP) is 2.21. The molecule has 1 saturated heterocycles. The molecule has 120 valence electrons. The lowest BCUT2D eigenvalue weighted by Crippen LogP contribution is -2.42. The number of benzene rings is 1. The zero-order valence-corrected chi connectivity index (χ0v) is 13.1. The maximum Gasteiger partial charge on any atom is 0.247 e. The van der Waals surface area contributed by atoms with Crippen molar-refractivity contribution in [3.63, 3.8) is 0 Å². The van der Waals surface area contributed by atoms with Crippen molar-refractivity contribution in [2.45, 2.75) is 32.2 Å². The number of anilines is 1. The Morgan fingerprint density at radius 3 is 2.96 bits per heavy atom. The Hall–Kier alpha value is -2.63. The minimum atomic E-state index is -0.365. The van der Waals surface area contributed by atoms with Gasteiger partial charge in [-0.15, -0.1) is 0 Å². The Kier molecular flexibility index (Phi) is 4.41. The van der Waals surface area contributed by atoms with Gasteiger partial charge in [-0.05, 0) is 37.1 Å². The quantitative estimate of drug-likeness (QED) is 0.941. The highest BCUT2D eigenvalue weighted by Gasteiger charge is 2.33. The van der Waals surface area contributed by atoms with E-state index in [0.717, 1.165) is 18.5 Å². The summed E-state index contributed by atoms with van der Waals surface area (Å²) in [6.45, 7) is 2.49. The number of nitrogens with one attached hydrogen (secondary N) is 1. The van der Waals surface area contributed by atoms with Crippen LogP contribution in [0.5, 0.6) is 0 Å². The summed E-state index contributed by atoms with van der Waals surface area (Å²) >= 11 is 0. The second-order valence-corrected chi connectivity index (χ2v) is 5.59. The molecule has 23 heavy (non-hydrogen) atoms. The van der Waals surface area contributed by atoms with Crippen LogP contribution in [0.1, 0.15) is 26.2 Å². The maximum absolute atomic E-state index is 12.5. The minimum Gasteiger partial charge on any atom is -0.331 e. The molecule has 0 radical (unpaired) electrons. The van der Waals surface area contributed by atoms with Gasteiger partial charge >= 0.3 is 0 Å². The Bertz CT molecular complexity index is 696. The average Bonchev–Trinajstić information content (AvgIpc) is 3.25. The van der Waals surface area contributed by atoms with E-state index in [1.807, 2.05) is 43.5 Å². The number of hydrogen-bond acceptors (Lipinski definition) is 3. The third kappa shape index (κ3) is 3.26. The molecule has 0 aliphatic carbocycles. The van der Waals surface area contributed by atoms with Crippen molar-refractivity contribution in [1.29, 1.82) is 0 Å². The van der Waals surface area contributed by atoms with Crippen LogP contribution < -0.4 is 5.32 Å². The third-order valence-electron chi connectivity index (χ3n) is 4.06. The Morgan fingerprint density at radius 2 is 2.22 bits per heavy atom. The molecule has 2 heterocycles. The summed E-state index contributed by atoms with van der Waals surface area (Å²) in [5.41, 5.74) is 1.58. The number of carbonyl (C=O) groups excluding carboxylic acids is 2. The number of hydrogen-bond donors (Lipinski definition) is 1. The molecule has 3 rings (SSSR count). The van der Waals surface area contributed by atoms with E-state index in [1.165, 1.54) is 0 Å². The van der Waals surface area contributed by atoms with E-state index in [9.17, 15) is 9.59 Å². The second-order valence-electron chi connectivity index (χ2n) is 5.59. The van der Waals surface area contributed by atoms with Gasteiger partial charge in [0, 0.05) is 31.0 Å². The summed E-state index contributed by atoms with van der Waals surface area (Å²) in [7, 11) is 0. The number of amides is 2. The SMILES string of the molecule is CCC(=O)N1CCC[C@H]1C(=O)Nc1cccc(-n2cccn2)c1. The molecular weight excluding hydrogens is 292 g/mol. The van der Waals surface area contributed by atoms with Crippen molar-refractivity contribution in [3.8, 4) is 5.69 Å². The topological polar surface area (TPSA) is 67.2 Å². The fraction of sp³-hybridized carbons (Fsp3) is 0.353. The van der Waals surface area contributed by atoms with Crippen molar-refractivity contribution in [3.05, 3.63) is 42.7 Å². The highest BCUT2D eigenvalue weighted by atomic mass is 16.2. The van der Waals surface area contributed by atoms with Gasteiger partial charge < -0.3 is 10.2 Å². The summed E-state index contributed by atoms with van der Waals surface area (Å²) < 4.78 is 1.73. The number of nitrogens with zero attached hydrogens (tertiary/aromatic N) is 3. The molecule has 2 aromatic rings. The average molecular weight is 312 g/mol. The molecule has 1 aromatic heterocycles. The van der Waals surface area contributed by atoms with Crippen LogP contribution in [0, 0.1) is 0 Å². The largest absolute Gasteiger partial charge is 0.331 e. The lowest BCUT2D eigenvalue weighted by Gasteiger charge is -2.23. The summed E-state index contributed by atoms with van der Waals surface area (Å²) in [5.74, 6) is -0.0881. The molecule has 6 nitrogen and oxygen atoms in total. The van der Waals surface area contributed by atoms with Crippen LogP contribution in [0.15, 0.2) is 42.7 Å².